The topological polar surface area (TPSA) is 41.6 Å². The van der Waals surface area contributed by atoms with Crippen LogP contribution >= 0.6 is 24.3 Å². The molecule has 92 valence electrons. The Morgan fingerprint density at radius 3 is 2.41 bits per heavy atom. The Morgan fingerprint density at radius 1 is 1.35 bits per heavy atom. The molecular formula is C11H14N2O2S2. The third-order valence-corrected chi connectivity index (χ3v) is 3.01. The van der Waals surface area contributed by atoms with Gasteiger partial charge >= 0.3 is 0 Å². The number of rotatable bonds is 3. The predicted octanol–water partition coefficient (Wildman–Crippen LogP) is 2.52. The fourth-order valence-electron chi connectivity index (χ4n) is 0.955. The van der Waals surface area contributed by atoms with E-state index in [0.29, 0.717) is 5.17 Å². The van der Waals surface area contributed by atoms with Gasteiger partial charge in [-0.05, 0) is 36.5 Å². The van der Waals surface area contributed by atoms with Gasteiger partial charge in [-0.25, -0.2) is 0 Å². The summed E-state index contributed by atoms with van der Waals surface area (Å²) in [6.45, 7) is 1.47. The molecule has 0 aliphatic heterocycles. The van der Waals surface area contributed by atoms with E-state index in [0.717, 1.165) is 10.6 Å². The van der Waals surface area contributed by atoms with Gasteiger partial charge in [0.1, 0.15) is 0 Å². The van der Waals surface area contributed by atoms with E-state index in [1.165, 1.54) is 19.0 Å². The molecule has 1 N–H and O–H groups in total. The standard InChI is InChI=1S/C11H14N2O2S2/c1-8(14)12-9-4-6-10(7-5-9)17-15-11(16)13(2)3/h4-7H,1-3H3,(H,12,14). The molecule has 0 unspecified atom stereocenters. The zero-order valence-electron chi connectivity index (χ0n) is 9.89. The van der Waals surface area contributed by atoms with E-state index in [1.807, 2.05) is 38.4 Å². The lowest BCUT2D eigenvalue weighted by molar-refractivity contribution is -0.114. The number of hydrogen-bond acceptors (Lipinski definition) is 4. The third kappa shape index (κ3) is 5.06. The number of nitrogens with one attached hydrogen (secondary N) is 1. The van der Waals surface area contributed by atoms with Crippen LogP contribution in [-0.4, -0.2) is 30.1 Å². The number of anilines is 1. The van der Waals surface area contributed by atoms with Crippen LogP contribution in [-0.2, 0) is 8.98 Å². The molecule has 6 heteroatoms. The van der Waals surface area contributed by atoms with E-state index in [4.69, 9.17) is 16.4 Å². The first-order valence-electron chi connectivity index (χ1n) is 4.92. The maximum absolute atomic E-state index is 10.8. The molecule has 0 bridgehead atoms. The third-order valence-electron chi connectivity index (χ3n) is 1.75. The molecule has 0 aromatic heterocycles. The summed E-state index contributed by atoms with van der Waals surface area (Å²) >= 11 is 6.17. The largest absolute Gasteiger partial charge is 0.392 e. The van der Waals surface area contributed by atoms with Crippen molar-refractivity contribution in [2.45, 2.75) is 11.8 Å². The first-order valence-corrected chi connectivity index (χ1v) is 6.07. The van der Waals surface area contributed by atoms with Crippen LogP contribution in [0.25, 0.3) is 0 Å². The lowest BCUT2D eigenvalue weighted by atomic mass is 10.3. The number of benzene rings is 1. The van der Waals surface area contributed by atoms with Crippen molar-refractivity contribution in [3.05, 3.63) is 24.3 Å². The van der Waals surface area contributed by atoms with Crippen LogP contribution in [0.15, 0.2) is 29.2 Å². The molecule has 4 nitrogen and oxygen atoms in total. The molecule has 0 radical (unpaired) electrons. The summed E-state index contributed by atoms with van der Waals surface area (Å²) in [6, 6.07) is 7.33. The minimum atomic E-state index is -0.0876. The summed E-state index contributed by atoms with van der Waals surface area (Å²) < 4.78 is 5.30. The maximum atomic E-state index is 10.8. The van der Waals surface area contributed by atoms with Gasteiger partial charge in [-0.15, -0.1) is 0 Å². The van der Waals surface area contributed by atoms with Gasteiger partial charge in [0.25, 0.3) is 5.17 Å². The van der Waals surface area contributed by atoms with Gasteiger partial charge in [0.2, 0.25) is 5.91 Å². The SMILES string of the molecule is CC(=O)Nc1ccc(SOC(=S)N(C)C)cc1. The zero-order valence-corrected chi connectivity index (χ0v) is 11.5. The van der Waals surface area contributed by atoms with E-state index < -0.39 is 0 Å². The highest BCUT2D eigenvalue weighted by atomic mass is 32.2. The van der Waals surface area contributed by atoms with E-state index in [9.17, 15) is 4.79 Å². The highest BCUT2D eigenvalue weighted by Gasteiger charge is 2.02. The predicted molar refractivity (Wildman–Crippen MR) is 74.0 cm³/mol. The second kappa shape index (κ2) is 6.46. The van der Waals surface area contributed by atoms with Crippen LogP contribution < -0.4 is 5.32 Å². The van der Waals surface area contributed by atoms with Crippen molar-refractivity contribution in [2.24, 2.45) is 0 Å². The first kappa shape index (κ1) is 13.8. The van der Waals surface area contributed by atoms with Crippen molar-refractivity contribution in [1.29, 1.82) is 0 Å². The lowest BCUT2D eigenvalue weighted by Gasteiger charge is -2.12. The quantitative estimate of drug-likeness (QED) is 0.675. The Labute approximate surface area is 111 Å². The van der Waals surface area contributed by atoms with Crippen molar-refractivity contribution in [2.75, 3.05) is 19.4 Å². The Kier molecular flexibility index (Phi) is 5.24. The van der Waals surface area contributed by atoms with Gasteiger partial charge < -0.3 is 14.4 Å². The zero-order chi connectivity index (χ0) is 12.8. The van der Waals surface area contributed by atoms with E-state index in [-0.39, 0.29) is 5.91 Å². The summed E-state index contributed by atoms with van der Waals surface area (Å²) in [7, 11) is 3.64. The molecule has 0 saturated heterocycles. The highest BCUT2D eigenvalue weighted by molar-refractivity contribution is 7.96. The van der Waals surface area contributed by atoms with Crippen molar-refractivity contribution < 1.29 is 8.98 Å². The molecule has 17 heavy (non-hydrogen) atoms. The van der Waals surface area contributed by atoms with Crippen molar-refractivity contribution in [3.63, 3.8) is 0 Å². The van der Waals surface area contributed by atoms with Crippen LogP contribution in [0.5, 0.6) is 0 Å². The molecule has 0 atom stereocenters. The Bertz CT molecular complexity index is 404. The highest BCUT2D eigenvalue weighted by Crippen LogP contribution is 2.21. The number of hydrogen-bond donors (Lipinski definition) is 1. The van der Waals surface area contributed by atoms with E-state index >= 15 is 0 Å². The molecular weight excluding hydrogens is 256 g/mol. The summed E-state index contributed by atoms with van der Waals surface area (Å²) in [6.07, 6.45) is 0. The summed E-state index contributed by atoms with van der Waals surface area (Å²) in [4.78, 5) is 13.5. The molecule has 0 aliphatic carbocycles. The van der Waals surface area contributed by atoms with Crippen LogP contribution in [0.1, 0.15) is 6.92 Å². The molecule has 0 aliphatic rings. The van der Waals surface area contributed by atoms with E-state index in [1.54, 1.807) is 4.90 Å². The molecule has 0 fully saturated rings. The van der Waals surface area contributed by atoms with Crippen LogP contribution in [0, 0.1) is 0 Å². The van der Waals surface area contributed by atoms with Gasteiger partial charge in [-0.2, -0.15) is 0 Å². The minimum Gasteiger partial charge on any atom is -0.392 e. The minimum absolute atomic E-state index is 0.0876. The maximum Gasteiger partial charge on any atom is 0.272 e. The molecule has 0 saturated carbocycles. The first-order chi connectivity index (χ1) is 7.99. The van der Waals surface area contributed by atoms with Crippen LogP contribution in [0.3, 0.4) is 0 Å². The average Bonchev–Trinajstić information content (AvgIpc) is 2.26. The average molecular weight is 270 g/mol. The summed E-state index contributed by atoms with van der Waals surface area (Å²) in [5.41, 5.74) is 0.761. The number of thiocarbonyl (C=S) groups is 1. The van der Waals surface area contributed by atoms with Crippen molar-refractivity contribution in [1.82, 2.24) is 4.90 Å². The van der Waals surface area contributed by atoms with Gasteiger partial charge in [-0.3, -0.25) is 4.79 Å². The van der Waals surface area contributed by atoms with Crippen LogP contribution in [0.2, 0.25) is 0 Å². The molecule has 1 aromatic rings. The van der Waals surface area contributed by atoms with Crippen molar-refractivity contribution >= 4 is 41.0 Å². The Hall–Kier alpha value is -1.27. The molecule has 1 amide bonds. The monoisotopic (exact) mass is 270 g/mol. The second-order valence-corrected chi connectivity index (χ2v) is 4.69. The molecule has 0 spiro atoms. The Morgan fingerprint density at radius 2 is 1.94 bits per heavy atom. The lowest BCUT2D eigenvalue weighted by Crippen LogP contribution is -2.19. The van der Waals surface area contributed by atoms with Gasteiger partial charge in [0.15, 0.2) is 0 Å². The number of carbonyl (C=O) groups excluding carboxylic acids is 1. The van der Waals surface area contributed by atoms with Gasteiger partial charge in [-0.1, -0.05) is 0 Å². The smallest absolute Gasteiger partial charge is 0.272 e. The van der Waals surface area contributed by atoms with Gasteiger partial charge in [0, 0.05) is 31.6 Å². The number of nitrogens with zero attached hydrogens (tertiary/aromatic N) is 1. The van der Waals surface area contributed by atoms with Crippen molar-refractivity contribution in [3.8, 4) is 0 Å². The summed E-state index contributed by atoms with van der Waals surface area (Å²) in [5, 5.41) is 3.11. The normalized spacial score (nSPS) is 9.59. The Balaban J connectivity index is 2.51. The van der Waals surface area contributed by atoms with Crippen LogP contribution in [0.4, 0.5) is 5.69 Å². The summed E-state index contributed by atoms with van der Waals surface area (Å²) in [5.74, 6) is -0.0876. The second-order valence-electron chi connectivity index (χ2n) is 3.53. The molecule has 1 aromatic carbocycles. The molecule has 0 heterocycles. The van der Waals surface area contributed by atoms with Gasteiger partial charge in [0.05, 0.1) is 12.0 Å². The fraction of sp³-hybridized carbons (Fsp3) is 0.273. The molecule has 1 rings (SSSR count). The van der Waals surface area contributed by atoms with E-state index in [2.05, 4.69) is 5.32 Å². The number of amides is 1. The fourth-order valence-corrected chi connectivity index (χ4v) is 1.62. The number of carbonyl (C=O) groups is 1.